The first-order valence-corrected chi connectivity index (χ1v) is 6.97. The predicted octanol–water partition coefficient (Wildman–Crippen LogP) is 2.83. The summed E-state index contributed by atoms with van der Waals surface area (Å²) in [7, 11) is 0. The van der Waals surface area contributed by atoms with Crippen molar-refractivity contribution >= 4 is 16.8 Å². The molecule has 0 fully saturated rings. The van der Waals surface area contributed by atoms with Gasteiger partial charge in [0, 0.05) is 41.0 Å². The zero-order valence-corrected chi connectivity index (χ0v) is 11.9. The molecular weight excluding hydrogens is 286 g/mol. The van der Waals surface area contributed by atoms with Crippen LogP contribution in [0, 0.1) is 10.1 Å². The number of rotatable bonds is 3. The minimum absolute atomic E-state index is 0.0340. The van der Waals surface area contributed by atoms with Gasteiger partial charge in [-0.15, -0.1) is 0 Å². The number of fused-ring (bicyclic) bond motifs is 2. The minimum Gasteiger partial charge on any atom is -0.507 e. The molecule has 1 aliphatic carbocycles. The van der Waals surface area contributed by atoms with E-state index in [4.69, 9.17) is 4.74 Å². The van der Waals surface area contributed by atoms with Gasteiger partial charge in [-0.25, -0.2) is 0 Å². The van der Waals surface area contributed by atoms with Gasteiger partial charge in [-0.2, -0.15) is 0 Å². The summed E-state index contributed by atoms with van der Waals surface area (Å²) in [6, 6.07) is 6.86. The van der Waals surface area contributed by atoms with Crippen LogP contribution in [0.2, 0.25) is 0 Å². The van der Waals surface area contributed by atoms with Gasteiger partial charge in [0.15, 0.2) is 6.10 Å². The molecule has 0 spiro atoms. The van der Waals surface area contributed by atoms with Gasteiger partial charge in [-0.3, -0.25) is 10.1 Å². The van der Waals surface area contributed by atoms with Gasteiger partial charge in [0.1, 0.15) is 11.5 Å². The number of nitro groups is 1. The molecule has 0 amide bonds. The number of nitrogens with zero attached hydrogens (tertiary/aromatic N) is 1. The second-order valence-electron chi connectivity index (χ2n) is 5.11. The van der Waals surface area contributed by atoms with Gasteiger partial charge in [0.05, 0.1) is 4.92 Å². The summed E-state index contributed by atoms with van der Waals surface area (Å²) in [4.78, 5) is 10.7. The third kappa shape index (κ3) is 2.08. The first kappa shape index (κ1) is 14.3. The van der Waals surface area contributed by atoms with Crippen molar-refractivity contribution < 1.29 is 19.9 Å². The third-order valence-electron chi connectivity index (χ3n) is 3.89. The molecule has 1 unspecified atom stereocenters. The third-order valence-corrected chi connectivity index (χ3v) is 3.89. The fourth-order valence-corrected chi connectivity index (χ4v) is 2.88. The summed E-state index contributed by atoms with van der Waals surface area (Å²) in [5.74, 6) is -0.0237. The van der Waals surface area contributed by atoms with E-state index in [0.29, 0.717) is 28.5 Å². The van der Waals surface area contributed by atoms with Crippen LogP contribution in [0.1, 0.15) is 18.1 Å². The van der Waals surface area contributed by atoms with Crippen molar-refractivity contribution in [3.05, 3.63) is 51.2 Å². The van der Waals surface area contributed by atoms with Crippen molar-refractivity contribution in [2.75, 3.05) is 6.61 Å². The number of hydrogen-bond donors (Lipinski definition) is 2. The molecule has 114 valence electrons. The summed E-state index contributed by atoms with van der Waals surface area (Å²) in [5.41, 5.74) is 0.651. The van der Waals surface area contributed by atoms with E-state index in [2.05, 4.69) is 0 Å². The Balaban J connectivity index is 2.29. The molecule has 3 rings (SSSR count). The maximum atomic E-state index is 11.2. The quantitative estimate of drug-likeness (QED) is 0.516. The zero-order chi connectivity index (χ0) is 15.9. The van der Waals surface area contributed by atoms with Crippen LogP contribution >= 0.6 is 0 Å². The van der Waals surface area contributed by atoms with Crippen LogP contribution in [0.5, 0.6) is 11.5 Å². The number of ether oxygens (including phenoxy) is 1. The number of phenols is 2. The molecule has 6 nitrogen and oxygen atoms in total. The Morgan fingerprint density at radius 2 is 1.91 bits per heavy atom. The molecule has 1 aliphatic rings. The Morgan fingerprint density at radius 3 is 2.50 bits per heavy atom. The molecule has 2 N–H and O–H groups in total. The molecule has 2 aromatic carbocycles. The molecular formula is C16H15NO5. The maximum Gasteiger partial charge on any atom is 0.275 e. The highest BCUT2D eigenvalue weighted by Crippen LogP contribution is 2.44. The van der Waals surface area contributed by atoms with Gasteiger partial charge < -0.3 is 14.9 Å². The van der Waals surface area contributed by atoms with Crippen molar-refractivity contribution in [2.24, 2.45) is 0 Å². The summed E-state index contributed by atoms with van der Waals surface area (Å²) >= 11 is 0. The van der Waals surface area contributed by atoms with E-state index in [1.807, 2.05) is 0 Å². The van der Waals surface area contributed by atoms with Crippen LogP contribution in [0.4, 0.5) is 0 Å². The standard InChI is InChI=1S/C16H15NO5/c1-2-22-14-8-12-11(7-13(14)17(20)21)15(18)9-5-3-4-6-10(9)16(12)19/h3-7,14,18-19H,2,8H2,1H3. The molecule has 0 radical (unpaired) electrons. The highest BCUT2D eigenvalue weighted by atomic mass is 16.6. The van der Waals surface area contributed by atoms with Gasteiger partial charge in [0.25, 0.3) is 5.70 Å². The monoisotopic (exact) mass is 301 g/mol. The van der Waals surface area contributed by atoms with Crippen molar-refractivity contribution in [3.8, 4) is 11.5 Å². The van der Waals surface area contributed by atoms with Crippen LogP contribution in [-0.2, 0) is 11.2 Å². The lowest BCUT2D eigenvalue weighted by Crippen LogP contribution is -2.26. The van der Waals surface area contributed by atoms with E-state index in [0.717, 1.165) is 0 Å². The molecule has 0 bridgehead atoms. The Hall–Kier alpha value is -2.60. The lowest BCUT2D eigenvalue weighted by Gasteiger charge is -2.23. The maximum absolute atomic E-state index is 11.2. The number of aromatic hydroxyl groups is 2. The fraction of sp³-hybridized carbons (Fsp3) is 0.250. The van der Waals surface area contributed by atoms with E-state index in [-0.39, 0.29) is 23.6 Å². The average Bonchev–Trinajstić information content (AvgIpc) is 2.52. The molecule has 22 heavy (non-hydrogen) atoms. The second kappa shape index (κ2) is 5.31. The van der Waals surface area contributed by atoms with E-state index in [1.165, 1.54) is 6.08 Å². The largest absolute Gasteiger partial charge is 0.507 e. The van der Waals surface area contributed by atoms with Crippen molar-refractivity contribution in [3.63, 3.8) is 0 Å². The summed E-state index contributed by atoms with van der Waals surface area (Å²) < 4.78 is 5.42. The van der Waals surface area contributed by atoms with Crippen LogP contribution in [0.15, 0.2) is 30.0 Å². The molecule has 6 heteroatoms. The van der Waals surface area contributed by atoms with E-state index >= 15 is 0 Å². The highest BCUT2D eigenvalue weighted by molar-refractivity contribution is 5.98. The SMILES string of the molecule is CCOC1Cc2c(c(O)c3ccccc3c2O)C=C1[N+](=O)[O-]. The Bertz CT molecular complexity index is 797. The first-order valence-electron chi connectivity index (χ1n) is 6.97. The van der Waals surface area contributed by atoms with Crippen molar-refractivity contribution in [2.45, 2.75) is 19.4 Å². The van der Waals surface area contributed by atoms with Crippen LogP contribution < -0.4 is 0 Å². The molecule has 0 aromatic heterocycles. The summed E-state index contributed by atoms with van der Waals surface area (Å²) in [5, 5.41) is 33.1. The predicted molar refractivity (Wildman–Crippen MR) is 81.4 cm³/mol. The number of phenolic OH excluding ortho intramolecular Hbond substituents is 2. The molecule has 0 saturated carbocycles. The normalized spacial score (nSPS) is 17.1. The van der Waals surface area contributed by atoms with E-state index in [9.17, 15) is 20.3 Å². The van der Waals surface area contributed by atoms with Gasteiger partial charge in [-0.1, -0.05) is 24.3 Å². The second-order valence-corrected chi connectivity index (χ2v) is 5.11. The van der Waals surface area contributed by atoms with Crippen LogP contribution in [-0.4, -0.2) is 27.8 Å². The lowest BCUT2D eigenvalue weighted by molar-refractivity contribution is -0.435. The van der Waals surface area contributed by atoms with E-state index in [1.54, 1.807) is 31.2 Å². The van der Waals surface area contributed by atoms with E-state index < -0.39 is 11.0 Å². The van der Waals surface area contributed by atoms with Crippen molar-refractivity contribution in [1.29, 1.82) is 0 Å². The fourth-order valence-electron chi connectivity index (χ4n) is 2.88. The summed E-state index contributed by atoms with van der Waals surface area (Å²) in [6.07, 6.45) is 0.708. The van der Waals surface area contributed by atoms with Gasteiger partial charge in [-0.05, 0) is 6.92 Å². The molecule has 2 aromatic rings. The Labute approximate surface area is 126 Å². The van der Waals surface area contributed by atoms with Gasteiger partial charge >= 0.3 is 0 Å². The van der Waals surface area contributed by atoms with Crippen molar-refractivity contribution in [1.82, 2.24) is 0 Å². The first-order chi connectivity index (χ1) is 10.5. The Kier molecular flexibility index (Phi) is 3.46. The summed E-state index contributed by atoms with van der Waals surface area (Å²) in [6.45, 7) is 2.08. The van der Waals surface area contributed by atoms with Crippen LogP contribution in [0.25, 0.3) is 16.8 Å². The van der Waals surface area contributed by atoms with Crippen LogP contribution in [0.3, 0.4) is 0 Å². The molecule has 0 heterocycles. The number of benzene rings is 2. The molecule has 1 atom stereocenters. The molecule has 0 saturated heterocycles. The topological polar surface area (TPSA) is 92.8 Å². The highest BCUT2D eigenvalue weighted by Gasteiger charge is 2.34. The number of hydrogen-bond acceptors (Lipinski definition) is 5. The lowest BCUT2D eigenvalue weighted by atomic mass is 9.88. The Morgan fingerprint density at radius 1 is 1.27 bits per heavy atom. The van der Waals surface area contributed by atoms with Gasteiger partial charge in [0.2, 0.25) is 0 Å². The molecule has 0 aliphatic heterocycles. The average molecular weight is 301 g/mol. The zero-order valence-electron chi connectivity index (χ0n) is 11.9. The smallest absolute Gasteiger partial charge is 0.275 e. The minimum atomic E-state index is -0.737.